The van der Waals surface area contributed by atoms with Gasteiger partial charge in [0.25, 0.3) is 5.56 Å². The lowest BCUT2D eigenvalue weighted by atomic mass is 10.0. The van der Waals surface area contributed by atoms with Crippen LogP contribution in [0, 0.1) is 0 Å². The largest absolute Gasteiger partial charge is 0.504 e. The average Bonchev–Trinajstić information content (AvgIpc) is 2.75. The van der Waals surface area contributed by atoms with E-state index in [1.165, 1.54) is 25.3 Å². The lowest BCUT2D eigenvalue weighted by molar-refractivity contribution is -0.137. The molecule has 168 valence electrons. The van der Waals surface area contributed by atoms with Gasteiger partial charge in [0.15, 0.2) is 11.5 Å². The summed E-state index contributed by atoms with van der Waals surface area (Å²) >= 11 is 0. The molecule has 0 spiro atoms. The van der Waals surface area contributed by atoms with Gasteiger partial charge in [0, 0.05) is 30.8 Å². The van der Waals surface area contributed by atoms with Crippen molar-refractivity contribution in [2.75, 3.05) is 13.7 Å². The number of methoxy groups -OCH3 is 1. The quantitative estimate of drug-likeness (QED) is 0.530. The number of aromatic amines is 1. The number of H-pyrrole nitrogens is 1. The Morgan fingerprint density at radius 3 is 2.56 bits per heavy atom. The molecular formula is C22H20F3N3O4. The first-order valence-corrected chi connectivity index (χ1v) is 9.76. The number of rotatable bonds is 4. The lowest BCUT2D eigenvalue weighted by Gasteiger charge is -2.28. The average molecular weight is 447 g/mol. The van der Waals surface area contributed by atoms with Crippen LogP contribution in [0.4, 0.5) is 13.2 Å². The molecule has 0 unspecified atom stereocenters. The first-order valence-electron chi connectivity index (χ1n) is 9.76. The number of alkyl halides is 3. The molecule has 0 amide bonds. The number of nitrogens with one attached hydrogen (secondary N) is 1. The predicted molar refractivity (Wildman–Crippen MR) is 109 cm³/mol. The van der Waals surface area contributed by atoms with Crippen molar-refractivity contribution in [3.63, 3.8) is 0 Å². The summed E-state index contributed by atoms with van der Waals surface area (Å²) in [7, 11) is 1.38. The molecule has 1 aromatic heterocycles. The molecule has 3 aromatic rings. The summed E-state index contributed by atoms with van der Waals surface area (Å²) in [5.41, 5.74) is 1.08. The Kier molecular flexibility index (Phi) is 5.55. The SMILES string of the molecule is COc1cc(CN2CCc3c(nc(-c4ccc(C(F)(F)F)cc4)[nH]c3=O)C2)cc(O)c1O. The molecule has 0 bridgehead atoms. The van der Waals surface area contributed by atoms with Gasteiger partial charge in [-0.2, -0.15) is 13.2 Å². The molecule has 0 saturated carbocycles. The number of hydrogen-bond acceptors (Lipinski definition) is 6. The third-order valence-corrected chi connectivity index (χ3v) is 5.38. The minimum absolute atomic E-state index is 0.150. The number of phenols is 2. The zero-order valence-electron chi connectivity index (χ0n) is 17.0. The van der Waals surface area contributed by atoms with Crippen LogP contribution in [-0.2, 0) is 25.7 Å². The van der Waals surface area contributed by atoms with Gasteiger partial charge < -0.3 is 19.9 Å². The van der Waals surface area contributed by atoms with Crippen molar-refractivity contribution in [3.8, 4) is 28.6 Å². The number of halogens is 3. The van der Waals surface area contributed by atoms with Crippen LogP contribution in [0.5, 0.6) is 17.2 Å². The van der Waals surface area contributed by atoms with Crippen LogP contribution in [-0.4, -0.2) is 38.7 Å². The summed E-state index contributed by atoms with van der Waals surface area (Å²) in [6.07, 6.45) is -3.99. The number of benzene rings is 2. The third kappa shape index (κ3) is 4.26. The molecule has 0 atom stereocenters. The number of fused-ring (bicyclic) bond motifs is 1. The Hall–Kier alpha value is -3.53. The van der Waals surface area contributed by atoms with E-state index in [4.69, 9.17) is 4.74 Å². The minimum Gasteiger partial charge on any atom is -0.504 e. The summed E-state index contributed by atoms with van der Waals surface area (Å²) in [6.45, 7) is 1.33. The van der Waals surface area contributed by atoms with Crippen LogP contribution in [0.3, 0.4) is 0 Å². The van der Waals surface area contributed by atoms with Crippen LogP contribution in [0.2, 0.25) is 0 Å². The van der Waals surface area contributed by atoms with Gasteiger partial charge in [-0.25, -0.2) is 4.98 Å². The zero-order valence-corrected chi connectivity index (χ0v) is 17.0. The molecule has 1 aliphatic heterocycles. The fraction of sp³-hybridized carbons (Fsp3) is 0.273. The Balaban J connectivity index is 1.59. The standard InChI is InChI=1S/C22H20F3N3O4/c1-32-18-9-12(8-17(29)19(18)30)10-28-7-6-15-16(11-28)26-20(27-21(15)31)13-2-4-14(5-3-13)22(23,24)25/h2-5,8-9,29-30H,6-7,10-11H2,1H3,(H,26,27,31). The van der Waals surface area contributed by atoms with E-state index in [-0.39, 0.29) is 28.6 Å². The molecule has 2 heterocycles. The van der Waals surface area contributed by atoms with E-state index >= 15 is 0 Å². The molecule has 0 radical (unpaired) electrons. The normalized spacial score (nSPS) is 14.2. The molecule has 0 fully saturated rings. The van der Waals surface area contributed by atoms with Crippen LogP contribution in [0.15, 0.2) is 41.2 Å². The van der Waals surface area contributed by atoms with Crippen molar-refractivity contribution < 1.29 is 28.1 Å². The van der Waals surface area contributed by atoms with Gasteiger partial charge in [-0.15, -0.1) is 0 Å². The maximum atomic E-state index is 12.8. The van der Waals surface area contributed by atoms with E-state index in [1.54, 1.807) is 6.07 Å². The van der Waals surface area contributed by atoms with E-state index in [2.05, 4.69) is 9.97 Å². The predicted octanol–water partition coefficient (Wildman–Crippen LogP) is 3.43. The second-order valence-corrected chi connectivity index (χ2v) is 7.54. The van der Waals surface area contributed by atoms with Crippen LogP contribution in [0.25, 0.3) is 11.4 Å². The highest BCUT2D eigenvalue weighted by Gasteiger charge is 2.30. The second kappa shape index (κ2) is 8.19. The molecule has 1 aliphatic rings. The minimum atomic E-state index is -4.44. The van der Waals surface area contributed by atoms with Crippen molar-refractivity contribution in [1.82, 2.24) is 14.9 Å². The van der Waals surface area contributed by atoms with Crippen molar-refractivity contribution in [1.29, 1.82) is 0 Å². The van der Waals surface area contributed by atoms with Crippen molar-refractivity contribution in [2.45, 2.75) is 25.7 Å². The molecular weight excluding hydrogens is 427 g/mol. The summed E-state index contributed by atoms with van der Waals surface area (Å²) in [6, 6.07) is 7.51. The Labute approximate surface area is 180 Å². The van der Waals surface area contributed by atoms with Crippen molar-refractivity contribution >= 4 is 0 Å². The van der Waals surface area contributed by atoms with Gasteiger partial charge in [0.05, 0.1) is 18.4 Å². The Morgan fingerprint density at radius 2 is 1.91 bits per heavy atom. The fourth-order valence-electron chi connectivity index (χ4n) is 3.74. The molecule has 10 heteroatoms. The monoisotopic (exact) mass is 447 g/mol. The number of ether oxygens (including phenoxy) is 1. The van der Waals surface area contributed by atoms with Crippen LogP contribution in [0.1, 0.15) is 22.4 Å². The van der Waals surface area contributed by atoms with Crippen LogP contribution < -0.4 is 10.3 Å². The number of aromatic nitrogens is 2. The highest BCUT2D eigenvalue weighted by Crippen LogP contribution is 2.37. The number of nitrogens with zero attached hydrogens (tertiary/aromatic N) is 2. The first kappa shape index (κ1) is 21.7. The topological polar surface area (TPSA) is 98.7 Å². The highest BCUT2D eigenvalue weighted by molar-refractivity contribution is 5.56. The van der Waals surface area contributed by atoms with Gasteiger partial charge in [-0.05, 0) is 36.2 Å². The second-order valence-electron chi connectivity index (χ2n) is 7.54. The van der Waals surface area contributed by atoms with Gasteiger partial charge in [-0.3, -0.25) is 9.69 Å². The van der Waals surface area contributed by atoms with Gasteiger partial charge in [0.1, 0.15) is 5.82 Å². The maximum Gasteiger partial charge on any atom is 0.416 e. The lowest BCUT2D eigenvalue weighted by Crippen LogP contribution is -2.35. The van der Waals surface area contributed by atoms with Gasteiger partial charge in [0.2, 0.25) is 5.75 Å². The molecule has 3 N–H and O–H groups in total. The summed E-state index contributed by atoms with van der Waals surface area (Å²) in [5, 5.41) is 19.7. The number of aromatic hydroxyl groups is 2. The summed E-state index contributed by atoms with van der Waals surface area (Å²) in [5.74, 6) is -0.282. The Morgan fingerprint density at radius 1 is 1.19 bits per heavy atom. The first-order chi connectivity index (χ1) is 15.2. The molecule has 32 heavy (non-hydrogen) atoms. The maximum absolute atomic E-state index is 12.8. The molecule has 2 aromatic carbocycles. The van der Waals surface area contributed by atoms with E-state index in [1.807, 2.05) is 4.90 Å². The number of phenolic OH excluding ortho intramolecular Hbond substituents is 2. The van der Waals surface area contributed by atoms with E-state index < -0.39 is 11.7 Å². The summed E-state index contributed by atoms with van der Waals surface area (Å²) in [4.78, 5) is 21.7. The molecule has 0 aliphatic carbocycles. The molecule has 7 nitrogen and oxygen atoms in total. The van der Waals surface area contributed by atoms with Gasteiger partial charge >= 0.3 is 6.18 Å². The fourth-order valence-corrected chi connectivity index (χ4v) is 3.74. The van der Waals surface area contributed by atoms with E-state index in [0.717, 1.165) is 12.1 Å². The van der Waals surface area contributed by atoms with Crippen molar-refractivity contribution in [3.05, 3.63) is 69.1 Å². The highest BCUT2D eigenvalue weighted by atomic mass is 19.4. The van der Waals surface area contributed by atoms with E-state index in [9.17, 15) is 28.2 Å². The van der Waals surface area contributed by atoms with Crippen LogP contribution >= 0.6 is 0 Å². The smallest absolute Gasteiger partial charge is 0.416 e. The van der Waals surface area contributed by atoms with Crippen molar-refractivity contribution in [2.24, 2.45) is 0 Å². The zero-order chi connectivity index (χ0) is 23.0. The summed E-state index contributed by atoms with van der Waals surface area (Å²) < 4.78 is 43.5. The number of hydrogen-bond donors (Lipinski definition) is 3. The molecule has 0 saturated heterocycles. The van der Waals surface area contributed by atoms with E-state index in [0.29, 0.717) is 48.4 Å². The molecule has 4 rings (SSSR count). The third-order valence-electron chi connectivity index (χ3n) is 5.38. The van der Waals surface area contributed by atoms with Gasteiger partial charge in [-0.1, -0.05) is 12.1 Å². The Bertz CT molecular complexity index is 1210.